The Morgan fingerprint density at radius 1 is 1.18 bits per heavy atom. The number of carbonyl (C=O) groups excluding carboxylic acids is 1. The van der Waals surface area contributed by atoms with Crippen molar-refractivity contribution in [1.82, 2.24) is 20.1 Å². The van der Waals surface area contributed by atoms with Crippen molar-refractivity contribution in [3.63, 3.8) is 0 Å². The van der Waals surface area contributed by atoms with Crippen molar-refractivity contribution in [2.24, 2.45) is 0 Å². The van der Waals surface area contributed by atoms with Crippen LogP contribution < -0.4 is 11.0 Å². The van der Waals surface area contributed by atoms with Crippen LogP contribution in [0.4, 0.5) is 0 Å². The molecule has 0 saturated heterocycles. The summed E-state index contributed by atoms with van der Waals surface area (Å²) in [5.41, 5.74) is -1.01. The van der Waals surface area contributed by atoms with Gasteiger partial charge in [-0.2, -0.15) is 5.10 Å². The molecule has 1 aromatic carbocycles. The number of aromatic amines is 2. The Hall–Kier alpha value is -2.75. The van der Waals surface area contributed by atoms with Crippen molar-refractivity contribution in [1.29, 1.82) is 0 Å². The van der Waals surface area contributed by atoms with Gasteiger partial charge in [0.1, 0.15) is 5.69 Å². The lowest BCUT2D eigenvalue weighted by molar-refractivity contribution is 0.0623. The third-order valence-corrected chi connectivity index (χ3v) is 4.55. The lowest BCUT2D eigenvalue weighted by Gasteiger charge is -2.21. The predicted octanol–water partition coefficient (Wildman–Crippen LogP) is 1.15. The highest BCUT2D eigenvalue weighted by molar-refractivity contribution is 6.31. The van der Waals surface area contributed by atoms with Crippen LogP contribution >= 0.6 is 11.6 Å². The molecule has 28 heavy (non-hydrogen) atoms. The predicted molar refractivity (Wildman–Crippen MR) is 105 cm³/mol. The van der Waals surface area contributed by atoms with Crippen molar-refractivity contribution >= 4 is 39.3 Å². The quantitative estimate of drug-likeness (QED) is 0.607. The normalized spacial score (nSPS) is 11.2. The molecular weight excluding hydrogens is 388 g/mol. The van der Waals surface area contributed by atoms with Gasteiger partial charge in [-0.1, -0.05) is 11.6 Å². The molecule has 0 bridgehead atoms. The maximum atomic E-state index is 13.1. The number of carbonyl (C=O) groups is 1. The van der Waals surface area contributed by atoms with Gasteiger partial charge in [-0.3, -0.25) is 19.5 Å². The Morgan fingerprint density at radius 2 is 1.86 bits per heavy atom. The molecule has 3 rings (SSSR count). The topological polar surface area (TPSA) is 117 Å². The first-order valence-electron chi connectivity index (χ1n) is 8.49. The van der Waals surface area contributed by atoms with Crippen LogP contribution in [0.15, 0.2) is 27.8 Å². The van der Waals surface area contributed by atoms with E-state index in [4.69, 9.17) is 21.1 Å². The van der Waals surface area contributed by atoms with E-state index in [2.05, 4.69) is 15.2 Å². The Balaban J connectivity index is 2.21. The van der Waals surface area contributed by atoms with Gasteiger partial charge in [-0.05, 0) is 18.2 Å². The zero-order valence-electron chi connectivity index (χ0n) is 15.4. The highest BCUT2D eigenvalue weighted by Crippen LogP contribution is 2.17. The summed E-state index contributed by atoms with van der Waals surface area (Å²) in [6.07, 6.45) is 0. The summed E-state index contributed by atoms with van der Waals surface area (Å²) >= 11 is 5.96. The van der Waals surface area contributed by atoms with E-state index in [9.17, 15) is 14.4 Å². The smallest absolute Gasteiger partial charge is 0.276 e. The molecule has 0 radical (unpaired) electrons. The third kappa shape index (κ3) is 3.77. The van der Waals surface area contributed by atoms with Gasteiger partial charge < -0.3 is 19.4 Å². The summed E-state index contributed by atoms with van der Waals surface area (Å²) in [6.45, 7) is 1.20. The minimum Gasteiger partial charge on any atom is -0.383 e. The summed E-state index contributed by atoms with van der Waals surface area (Å²) in [6, 6.07) is 4.53. The zero-order valence-corrected chi connectivity index (χ0v) is 16.1. The molecule has 148 valence electrons. The Bertz CT molecular complexity index is 1130. The fourth-order valence-electron chi connectivity index (χ4n) is 2.89. The number of fused-ring (bicyclic) bond motifs is 2. The van der Waals surface area contributed by atoms with Gasteiger partial charge in [0, 0.05) is 37.7 Å². The lowest BCUT2D eigenvalue weighted by atomic mass is 10.1. The third-order valence-electron chi connectivity index (χ3n) is 4.31. The average Bonchev–Trinajstić information content (AvgIpc) is 3.08. The van der Waals surface area contributed by atoms with E-state index in [-0.39, 0.29) is 27.5 Å². The Kier molecular flexibility index (Phi) is 6.08. The molecule has 0 aliphatic carbocycles. The number of hydrogen-bond acceptors (Lipinski definition) is 6. The largest absolute Gasteiger partial charge is 0.383 e. The van der Waals surface area contributed by atoms with E-state index in [1.807, 2.05) is 0 Å². The van der Waals surface area contributed by atoms with Crippen LogP contribution in [-0.2, 0) is 9.47 Å². The second kappa shape index (κ2) is 8.51. The fraction of sp³-hybridized carbons (Fsp3) is 0.333. The second-order valence-electron chi connectivity index (χ2n) is 6.07. The van der Waals surface area contributed by atoms with Gasteiger partial charge >= 0.3 is 0 Å². The van der Waals surface area contributed by atoms with Crippen LogP contribution in [0.5, 0.6) is 0 Å². The first-order chi connectivity index (χ1) is 13.5. The van der Waals surface area contributed by atoms with Crippen LogP contribution in [0, 0.1) is 0 Å². The van der Waals surface area contributed by atoms with Gasteiger partial charge in [-0.25, -0.2) is 0 Å². The van der Waals surface area contributed by atoms with Crippen molar-refractivity contribution in [2.75, 3.05) is 40.5 Å². The number of amides is 1. The highest BCUT2D eigenvalue weighted by Gasteiger charge is 2.23. The first-order valence-corrected chi connectivity index (χ1v) is 8.86. The molecule has 9 nitrogen and oxygen atoms in total. The van der Waals surface area contributed by atoms with Crippen LogP contribution in [0.3, 0.4) is 0 Å². The van der Waals surface area contributed by atoms with Gasteiger partial charge in [0.05, 0.1) is 24.1 Å². The highest BCUT2D eigenvalue weighted by atomic mass is 35.5. The Labute approximate surface area is 164 Å². The van der Waals surface area contributed by atoms with Crippen LogP contribution in [0.25, 0.3) is 21.8 Å². The molecule has 10 heteroatoms. The molecule has 2 heterocycles. The van der Waals surface area contributed by atoms with E-state index < -0.39 is 16.9 Å². The minimum atomic E-state index is -0.597. The van der Waals surface area contributed by atoms with E-state index in [0.717, 1.165) is 0 Å². The summed E-state index contributed by atoms with van der Waals surface area (Å²) in [7, 11) is 3.05. The number of nitrogens with zero attached hydrogens (tertiary/aromatic N) is 2. The molecule has 3 aromatic rings. The number of ether oxygens (including phenoxy) is 2. The summed E-state index contributed by atoms with van der Waals surface area (Å²) in [4.78, 5) is 42.8. The number of nitrogens with one attached hydrogen (secondary N) is 2. The van der Waals surface area contributed by atoms with E-state index in [0.29, 0.717) is 31.3 Å². The average molecular weight is 407 g/mol. The molecule has 1 amide bonds. The maximum absolute atomic E-state index is 13.1. The van der Waals surface area contributed by atoms with Crippen LogP contribution in [0.2, 0.25) is 5.02 Å². The van der Waals surface area contributed by atoms with Crippen LogP contribution in [0.1, 0.15) is 10.5 Å². The minimum absolute atomic E-state index is 0.0508. The molecule has 0 unspecified atom stereocenters. The number of rotatable bonds is 7. The van der Waals surface area contributed by atoms with Crippen molar-refractivity contribution in [2.45, 2.75) is 0 Å². The van der Waals surface area contributed by atoms with Crippen LogP contribution in [-0.4, -0.2) is 66.5 Å². The Morgan fingerprint density at radius 3 is 2.50 bits per heavy atom. The van der Waals surface area contributed by atoms with Gasteiger partial charge in [0.15, 0.2) is 10.9 Å². The number of H-pyrrole nitrogens is 2. The molecular formula is C18H19ClN4O5. The lowest BCUT2D eigenvalue weighted by Crippen LogP contribution is -2.37. The van der Waals surface area contributed by atoms with Crippen molar-refractivity contribution < 1.29 is 14.3 Å². The van der Waals surface area contributed by atoms with E-state index in [1.165, 1.54) is 31.3 Å². The van der Waals surface area contributed by atoms with Crippen molar-refractivity contribution in [3.05, 3.63) is 49.5 Å². The molecule has 2 N–H and O–H groups in total. The van der Waals surface area contributed by atoms with Crippen molar-refractivity contribution in [3.8, 4) is 0 Å². The maximum Gasteiger partial charge on any atom is 0.276 e. The van der Waals surface area contributed by atoms with Gasteiger partial charge in [-0.15, -0.1) is 0 Å². The molecule has 0 aliphatic heterocycles. The second-order valence-corrected chi connectivity index (χ2v) is 6.51. The molecule has 0 saturated carbocycles. The van der Waals surface area contributed by atoms with E-state index in [1.54, 1.807) is 6.07 Å². The molecule has 0 fully saturated rings. The number of benzene rings is 1. The monoisotopic (exact) mass is 406 g/mol. The fourth-order valence-corrected chi connectivity index (χ4v) is 3.06. The molecule has 0 aliphatic rings. The summed E-state index contributed by atoms with van der Waals surface area (Å²) in [5.74, 6) is -0.471. The molecule has 0 spiro atoms. The standard InChI is InChI=1S/C18H19ClN4O5/c1-27-7-5-23(6-8-28-2)18(26)15-13-14(21-22-15)17(25)20-12-9-10(19)3-4-11(12)16(13)24/h3-4,9H,5-8H2,1-2H3,(H,20,25)(H,21,22). The number of aromatic nitrogens is 3. The number of hydrogen-bond donors (Lipinski definition) is 2. The SMILES string of the molecule is COCCN(CCOC)C(=O)c1[nH]nc2c(=O)[nH]c3cc(Cl)ccc3c(=O)c12. The summed E-state index contributed by atoms with van der Waals surface area (Å²) in [5, 5.41) is 7.00. The number of methoxy groups -OCH3 is 2. The van der Waals surface area contributed by atoms with Gasteiger partial charge in [0.2, 0.25) is 0 Å². The summed E-state index contributed by atoms with van der Waals surface area (Å²) < 4.78 is 10.1. The van der Waals surface area contributed by atoms with E-state index >= 15 is 0 Å². The zero-order chi connectivity index (χ0) is 20.3. The number of halogens is 1. The molecule has 2 aromatic heterocycles. The molecule has 0 atom stereocenters. The first kappa shape index (κ1) is 20.0. The van der Waals surface area contributed by atoms with Gasteiger partial charge in [0.25, 0.3) is 11.5 Å².